The Morgan fingerprint density at radius 1 is 0.875 bits per heavy atom. The largest absolute Gasteiger partial charge is 0.338 e. The van der Waals surface area contributed by atoms with Gasteiger partial charge in [-0.25, -0.2) is 4.98 Å². The molecule has 0 saturated heterocycles. The minimum Gasteiger partial charge on any atom is -0.338 e. The molecule has 0 saturated carbocycles. The van der Waals surface area contributed by atoms with Gasteiger partial charge in [0.05, 0.1) is 22.2 Å². The van der Waals surface area contributed by atoms with Gasteiger partial charge in [0, 0.05) is 34.7 Å². The van der Waals surface area contributed by atoms with Crippen LogP contribution < -0.4 is 10.6 Å². The lowest BCUT2D eigenvalue weighted by Crippen LogP contribution is -2.11. The molecule has 5 rings (SSSR count). The number of thiophene rings is 1. The number of aromatic nitrogens is 3. The van der Waals surface area contributed by atoms with Gasteiger partial charge in [-0.15, -0.1) is 0 Å². The Morgan fingerprint density at radius 3 is 2.41 bits per heavy atom. The highest BCUT2D eigenvalue weighted by atomic mass is 32.1. The van der Waals surface area contributed by atoms with Crippen molar-refractivity contribution in [2.24, 2.45) is 0 Å². The van der Waals surface area contributed by atoms with Gasteiger partial charge in [0.1, 0.15) is 5.82 Å². The second kappa shape index (κ2) is 8.44. The average Bonchev–Trinajstić information content (AvgIpc) is 3.50. The van der Waals surface area contributed by atoms with Crippen LogP contribution in [0.15, 0.2) is 83.8 Å². The molecule has 5 aromatic rings. The highest BCUT2D eigenvalue weighted by molar-refractivity contribution is 7.08. The van der Waals surface area contributed by atoms with Crippen LogP contribution in [0.5, 0.6) is 0 Å². The Balaban J connectivity index is 1.32. The second-order valence-electron chi connectivity index (χ2n) is 7.06. The molecule has 2 aromatic carbocycles. The van der Waals surface area contributed by atoms with E-state index < -0.39 is 0 Å². The Hall–Kier alpha value is -4.30. The Labute approximate surface area is 187 Å². The van der Waals surface area contributed by atoms with Crippen LogP contribution in [-0.2, 0) is 0 Å². The van der Waals surface area contributed by atoms with Gasteiger partial charge in [-0.05, 0) is 66.0 Å². The molecule has 3 N–H and O–H groups in total. The van der Waals surface area contributed by atoms with Crippen LogP contribution in [-0.4, -0.2) is 26.8 Å². The van der Waals surface area contributed by atoms with Crippen LogP contribution in [0.3, 0.4) is 0 Å². The van der Waals surface area contributed by atoms with E-state index in [4.69, 9.17) is 0 Å². The minimum absolute atomic E-state index is 0.136. The number of benzene rings is 2. The van der Waals surface area contributed by atoms with Crippen molar-refractivity contribution < 1.29 is 9.59 Å². The first kappa shape index (κ1) is 19.7. The van der Waals surface area contributed by atoms with Crippen molar-refractivity contribution in [2.75, 3.05) is 10.6 Å². The van der Waals surface area contributed by atoms with Gasteiger partial charge >= 0.3 is 0 Å². The van der Waals surface area contributed by atoms with Gasteiger partial charge < -0.3 is 15.6 Å². The van der Waals surface area contributed by atoms with Crippen molar-refractivity contribution >= 4 is 45.6 Å². The van der Waals surface area contributed by atoms with Crippen LogP contribution in [0.4, 0.5) is 11.4 Å². The zero-order valence-corrected chi connectivity index (χ0v) is 17.5. The van der Waals surface area contributed by atoms with Crippen molar-refractivity contribution in [1.82, 2.24) is 15.0 Å². The number of hydrogen-bond donors (Lipinski definition) is 3. The molecule has 0 atom stereocenters. The molecular weight excluding hydrogens is 422 g/mol. The van der Waals surface area contributed by atoms with Crippen molar-refractivity contribution in [3.63, 3.8) is 0 Å². The highest BCUT2D eigenvalue weighted by Crippen LogP contribution is 2.24. The fourth-order valence-corrected chi connectivity index (χ4v) is 3.87. The van der Waals surface area contributed by atoms with E-state index >= 15 is 0 Å². The fraction of sp³-hybridized carbons (Fsp3) is 0. The second-order valence-corrected chi connectivity index (χ2v) is 7.84. The third kappa shape index (κ3) is 4.12. The molecule has 0 spiro atoms. The SMILES string of the molecule is O=C(Nc1ccc2nc(-c3ccc(NC(=O)c4ccsc4)cc3)[nH]c2c1)c1cccnc1. The zero-order chi connectivity index (χ0) is 21.9. The molecule has 7 nitrogen and oxygen atoms in total. The molecule has 0 radical (unpaired) electrons. The number of fused-ring (bicyclic) bond motifs is 1. The minimum atomic E-state index is -0.225. The van der Waals surface area contributed by atoms with E-state index in [0.29, 0.717) is 28.3 Å². The summed E-state index contributed by atoms with van der Waals surface area (Å²) in [6.45, 7) is 0. The molecule has 0 aliphatic heterocycles. The number of H-pyrrole nitrogens is 1. The fourth-order valence-electron chi connectivity index (χ4n) is 3.23. The van der Waals surface area contributed by atoms with E-state index in [2.05, 4.69) is 25.6 Å². The normalized spacial score (nSPS) is 10.8. The van der Waals surface area contributed by atoms with Gasteiger partial charge in [0.2, 0.25) is 0 Å². The molecular formula is C24H17N5O2S. The Morgan fingerprint density at radius 2 is 1.66 bits per heavy atom. The molecule has 0 bridgehead atoms. The van der Waals surface area contributed by atoms with Crippen molar-refractivity contribution in [3.05, 3.63) is 94.9 Å². The topological polar surface area (TPSA) is 99.8 Å². The Bertz CT molecular complexity index is 1390. The summed E-state index contributed by atoms with van der Waals surface area (Å²) in [7, 11) is 0. The first-order valence-corrected chi connectivity index (χ1v) is 10.8. The number of carbonyl (C=O) groups is 2. The number of rotatable bonds is 5. The molecule has 0 aliphatic rings. The van der Waals surface area contributed by atoms with E-state index in [1.54, 1.807) is 24.4 Å². The monoisotopic (exact) mass is 439 g/mol. The van der Waals surface area contributed by atoms with Gasteiger partial charge in [0.15, 0.2) is 0 Å². The standard InChI is InChI=1S/C24H17N5O2S/c30-23(16-2-1-10-25-13-16)27-19-7-8-20-21(12-19)29-22(28-20)15-3-5-18(6-4-15)26-24(31)17-9-11-32-14-17/h1-14H,(H,26,31)(H,27,30)(H,28,29). The number of carbonyl (C=O) groups excluding carboxylic acids is 2. The smallest absolute Gasteiger partial charge is 0.257 e. The maximum absolute atomic E-state index is 12.4. The maximum atomic E-state index is 12.4. The van der Waals surface area contributed by atoms with E-state index in [0.717, 1.165) is 16.6 Å². The van der Waals surface area contributed by atoms with Gasteiger partial charge in [-0.1, -0.05) is 0 Å². The Kier molecular flexibility index (Phi) is 5.19. The number of hydrogen-bond acceptors (Lipinski definition) is 5. The summed E-state index contributed by atoms with van der Waals surface area (Å²) < 4.78 is 0. The first-order valence-electron chi connectivity index (χ1n) is 9.81. The average molecular weight is 440 g/mol. The summed E-state index contributed by atoms with van der Waals surface area (Å²) in [6, 6.07) is 18.2. The van der Waals surface area contributed by atoms with E-state index in [1.165, 1.54) is 17.5 Å². The van der Waals surface area contributed by atoms with Gasteiger partial charge in [0.25, 0.3) is 11.8 Å². The van der Waals surface area contributed by atoms with Crippen LogP contribution in [0.2, 0.25) is 0 Å². The molecule has 0 aliphatic carbocycles. The lowest BCUT2D eigenvalue weighted by molar-refractivity contribution is 0.101. The van der Waals surface area contributed by atoms with Crippen LogP contribution in [0.25, 0.3) is 22.4 Å². The molecule has 8 heteroatoms. The van der Waals surface area contributed by atoms with Crippen LogP contribution in [0, 0.1) is 0 Å². The molecule has 32 heavy (non-hydrogen) atoms. The number of amides is 2. The number of pyridine rings is 1. The van der Waals surface area contributed by atoms with Crippen molar-refractivity contribution in [1.29, 1.82) is 0 Å². The lowest BCUT2D eigenvalue weighted by atomic mass is 10.2. The molecule has 2 amide bonds. The molecule has 156 valence electrons. The van der Waals surface area contributed by atoms with Crippen LogP contribution in [0.1, 0.15) is 20.7 Å². The summed E-state index contributed by atoms with van der Waals surface area (Å²) >= 11 is 1.48. The maximum Gasteiger partial charge on any atom is 0.257 e. The summed E-state index contributed by atoms with van der Waals surface area (Å²) in [5.74, 6) is 0.340. The van der Waals surface area contributed by atoms with E-state index in [-0.39, 0.29) is 11.8 Å². The van der Waals surface area contributed by atoms with Crippen LogP contribution >= 0.6 is 11.3 Å². The lowest BCUT2D eigenvalue weighted by Gasteiger charge is -2.04. The summed E-state index contributed by atoms with van der Waals surface area (Å²) in [4.78, 5) is 36.4. The number of nitrogens with one attached hydrogen (secondary N) is 3. The quantitative estimate of drug-likeness (QED) is 0.351. The number of nitrogens with zero attached hydrogens (tertiary/aromatic N) is 2. The van der Waals surface area contributed by atoms with Crippen molar-refractivity contribution in [2.45, 2.75) is 0 Å². The summed E-state index contributed by atoms with van der Waals surface area (Å²) in [5, 5.41) is 9.43. The number of imidazole rings is 1. The predicted octanol–water partition coefficient (Wildman–Crippen LogP) is 5.19. The van der Waals surface area contributed by atoms with Gasteiger partial charge in [-0.2, -0.15) is 11.3 Å². The molecule has 3 aromatic heterocycles. The first-order chi connectivity index (χ1) is 15.7. The van der Waals surface area contributed by atoms with Gasteiger partial charge in [-0.3, -0.25) is 14.6 Å². The molecule has 3 heterocycles. The highest BCUT2D eigenvalue weighted by Gasteiger charge is 2.10. The summed E-state index contributed by atoms with van der Waals surface area (Å²) in [6.07, 6.45) is 3.15. The van der Waals surface area contributed by atoms with Crippen molar-refractivity contribution in [3.8, 4) is 11.4 Å². The molecule has 0 unspecified atom stereocenters. The molecule has 0 fully saturated rings. The third-order valence-electron chi connectivity index (χ3n) is 4.86. The number of aromatic amines is 1. The zero-order valence-electron chi connectivity index (χ0n) is 16.7. The van der Waals surface area contributed by atoms with E-state index in [1.807, 2.05) is 53.2 Å². The van der Waals surface area contributed by atoms with E-state index in [9.17, 15) is 9.59 Å². The summed E-state index contributed by atoms with van der Waals surface area (Å²) in [5.41, 5.74) is 4.98. The number of anilines is 2. The third-order valence-corrected chi connectivity index (χ3v) is 5.55. The predicted molar refractivity (Wildman–Crippen MR) is 126 cm³/mol.